The molecule has 0 saturated carbocycles. The van der Waals surface area contributed by atoms with E-state index in [2.05, 4.69) is 0 Å². The van der Waals surface area contributed by atoms with Crippen molar-refractivity contribution in [3.05, 3.63) is 0 Å². The molecule has 0 aromatic carbocycles. The van der Waals surface area contributed by atoms with E-state index in [1.165, 1.54) is 0 Å². The first-order chi connectivity index (χ1) is 4.22. The second kappa shape index (κ2) is 3.73. The van der Waals surface area contributed by atoms with E-state index in [0.717, 1.165) is 4.90 Å². The van der Waals surface area contributed by atoms with E-state index in [-0.39, 0.29) is 27.6 Å². The molecule has 0 unspecified atom stereocenters. The monoisotopic (exact) mass is 177 g/mol. The van der Waals surface area contributed by atoms with Gasteiger partial charge in [-0.3, -0.25) is 4.79 Å². The predicted octanol–water partition coefficient (Wildman–Crippen LogP) is 0.284. The Kier molecular flexibility index (Phi) is 3.60. The first-order valence-electron chi connectivity index (χ1n) is 2.75. The summed E-state index contributed by atoms with van der Waals surface area (Å²) >= 11 is 0. The molecule has 1 fully saturated rings. The van der Waals surface area contributed by atoms with Gasteiger partial charge in [0.15, 0.2) is 0 Å². The third-order valence-corrected chi connectivity index (χ3v) is 1.30. The molecule has 2 amide bonds. The standard InChI is InChI=1S/C5H7NO3.Ti/c7-4-2-1-3-6(4)5(8)9;/h1-3H2,(H,8,9);. The van der Waals surface area contributed by atoms with Crippen LogP contribution in [0.3, 0.4) is 0 Å². The summed E-state index contributed by atoms with van der Waals surface area (Å²) in [6, 6.07) is 0. The third-order valence-electron chi connectivity index (χ3n) is 1.30. The van der Waals surface area contributed by atoms with Gasteiger partial charge in [-0.25, -0.2) is 9.69 Å². The van der Waals surface area contributed by atoms with Gasteiger partial charge in [-0.2, -0.15) is 0 Å². The summed E-state index contributed by atoms with van der Waals surface area (Å²) in [7, 11) is 0. The summed E-state index contributed by atoms with van der Waals surface area (Å²) in [6.45, 7) is 0.369. The van der Waals surface area contributed by atoms with Crippen LogP contribution < -0.4 is 0 Å². The normalized spacial score (nSPS) is 16.8. The molecule has 0 radical (unpaired) electrons. The molecule has 0 spiro atoms. The maximum absolute atomic E-state index is 10.6. The number of likely N-dealkylation sites (tertiary alicyclic amines) is 1. The van der Waals surface area contributed by atoms with Crippen LogP contribution in [0.25, 0.3) is 0 Å². The Hall–Kier alpha value is -0.346. The maximum atomic E-state index is 10.6. The van der Waals surface area contributed by atoms with E-state index in [9.17, 15) is 9.59 Å². The molecule has 4 nitrogen and oxygen atoms in total. The third kappa shape index (κ3) is 1.82. The summed E-state index contributed by atoms with van der Waals surface area (Å²) in [5.74, 6) is -0.275. The van der Waals surface area contributed by atoms with Crippen LogP contribution in [-0.2, 0) is 26.5 Å². The van der Waals surface area contributed by atoms with Crippen molar-refractivity contribution in [1.82, 2.24) is 4.90 Å². The van der Waals surface area contributed by atoms with Gasteiger partial charge in [0.2, 0.25) is 5.91 Å². The Bertz CT molecular complexity index is 159. The summed E-state index contributed by atoms with van der Waals surface area (Å²) < 4.78 is 0. The number of carbonyl (C=O) groups excluding carboxylic acids is 1. The molecule has 1 aliphatic rings. The van der Waals surface area contributed by atoms with Gasteiger partial charge in [-0.1, -0.05) is 0 Å². The number of carbonyl (C=O) groups is 2. The summed E-state index contributed by atoms with van der Waals surface area (Å²) in [6.07, 6.45) is -0.0743. The van der Waals surface area contributed by atoms with Crippen LogP contribution in [0.5, 0.6) is 0 Å². The van der Waals surface area contributed by atoms with Gasteiger partial charge in [-0.05, 0) is 6.42 Å². The Balaban J connectivity index is 0.000000810. The van der Waals surface area contributed by atoms with Crippen LogP contribution in [0.15, 0.2) is 0 Å². The maximum Gasteiger partial charge on any atom is 0.414 e. The van der Waals surface area contributed by atoms with Crippen molar-refractivity contribution < 1.29 is 36.4 Å². The molecule has 54 valence electrons. The van der Waals surface area contributed by atoms with Gasteiger partial charge in [0.25, 0.3) is 0 Å². The number of amides is 2. The largest absolute Gasteiger partial charge is 0.465 e. The van der Waals surface area contributed by atoms with Gasteiger partial charge in [0.05, 0.1) is 0 Å². The number of rotatable bonds is 0. The average Bonchev–Trinajstić information content (AvgIpc) is 2.13. The fourth-order valence-electron chi connectivity index (χ4n) is 0.850. The van der Waals surface area contributed by atoms with Gasteiger partial charge in [-0.15, -0.1) is 0 Å². The molecule has 1 aliphatic heterocycles. The molecule has 10 heavy (non-hydrogen) atoms. The number of carboxylic acid groups (broad SMARTS) is 1. The quantitative estimate of drug-likeness (QED) is 0.540. The second-order valence-electron chi connectivity index (χ2n) is 1.93. The van der Waals surface area contributed by atoms with Crippen LogP contribution in [-0.4, -0.2) is 28.6 Å². The Morgan fingerprint density at radius 1 is 1.60 bits per heavy atom. The Morgan fingerprint density at radius 2 is 2.20 bits per heavy atom. The van der Waals surface area contributed by atoms with Crippen LogP contribution in [0.2, 0.25) is 0 Å². The minimum atomic E-state index is -1.13. The summed E-state index contributed by atoms with van der Waals surface area (Å²) in [4.78, 5) is 21.5. The molecule has 1 heterocycles. The van der Waals surface area contributed by atoms with E-state index in [1.807, 2.05) is 0 Å². The summed E-state index contributed by atoms with van der Waals surface area (Å²) in [5.41, 5.74) is 0. The average molecular weight is 177 g/mol. The molecule has 0 aromatic rings. The molecule has 1 N–H and O–H groups in total. The predicted molar refractivity (Wildman–Crippen MR) is 29.0 cm³/mol. The van der Waals surface area contributed by atoms with Gasteiger partial charge >= 0.3 is 6.09 Å². The number of nitrogens with zero attached hydrogens (tertiary/aromatic N) is 1. The number of hydrogen-bond acceptors (Lipinski definition) is 2. The van der Waals surface area contributed by atoms with E-state index >= 15 is 0 Å². The second-order valence-corrected chi connectivity index (χ2v) is 1.93. The molecule has 0 aromatic heterocycles. The molecule has 0 aliphatic carbocycles. The van der Waals surface area contributed by atoms with Crippen LogP contribution in [0.1, 0.15) is 12.8 Å². The molecular weight excluding hydrogens is 170 g/mol. The van der Waals surface area contributed by atoms with Gasteiger partial charge in [0, 0.05) is 34.7 Å². The van der Waals surface area contributed by atoms with E-state index in [1.54, 1.807) is 0 Å². The Labute approximate surface area is 73.1 Å². The van der Waals surface area contributed by atoms with Crippen molar-refractivity contribution in [3.8, 4) is 0 Å². The van der Waals surface area contributed by atoms with E-state index in [4.69, 9.17) is 5.11 Å². The van der Waals surface area contributed by atoms with Crippen molar-refractivity contribution in [2.75, 3.05) is 6.54 Å². The minimum absolute atomic E-state index is 0. The fraction of sp³-hybridized carbons (Fsp3) is 0.600. The van der Waals surface area contributed by atoms with Crippen molar-refractivity contribution >= 4 is 12.0 Å². The van der Waals surface area contributed by atoms with Crippen molar-refractivity contribution in [3.63, 3.8) is 0 Å². The molecule has 1 saturated heterocycles. The molecule has 0 atom stereocenters. The number of imide groups is 1. The zero-order valence-corrected chi connectivity index (χ0v) is 6.89. The fourth-order valence-corrected chi connectivity index (χ4v) is 0.850. The molecular formula is C5H7NO3Ti. The van der Waals surface area contributed by atoms with Crippen LogP contribution >= 0.6 is 0 Å². The smallest absolute Gasteiger partial charge is 0.414 e. The topological polar surface area (TPSA) is 57.6 Å². The molecule has 0 bridgehead atoms. The minimum Gasteiger partial charge on any atom is -0.465 e. The number of hydrogen-bond donors (Lipinski definition) is 1. The molecule has 1 rings (SSSR count). The first kappa shape index (κ1) is 9.65. The van der Waals surface area contributed by atoms with Crippen LogP contribution in [0, 0.1) is 0 Å². The van der Waals surface area contributed by atoms with E-state index in [0.29, 0.717) is 19.4 Å². The van der Waals surface area contributed by atoms with Gasteiger partial charge in [0.1, 0.15) is 0 Å². The first-order valence-corrected chi connectivity index (χ1v) is 2.75. The van der Waals surface area contributed by atoms with E-state index < -0.39 is 6.09 Å². The van der Waals surface area contributed by atoms with Crippen molar-refractivity contribution in [1.29, 1.82) is 0 Å². The van der Waals surface area contributed by atoms with Gasteiger partial charge < -0.3 is 5.11 Å². The molecule has 5 heteroatoms. The summed E-state index contributed by atoms with van der Waals surface area (Å²) in [5, 5.41) is 8.29. The van der Waals surface area contributed by atoms with Crippen LogP contribution in [0.4, 0.5) is 4.79 Å². The Morgan fingerprint density at radius 3 is 2.40 bits per heavy atom. The van der Waals surface area contributed by atoms with Crippen molar-refractivity contribution in [2.24, 2.45) is 0 Å². The van der Waals surface area contributed by atoms with Crippen molar-refractivity contribution in [2.45, 2.75) is 12.8 Å². The SMILES string of the molecule is O=C(O)N1CCCC1=O.[Ti]. The zero-order valence-electron chi connectivity index (χ0n) is 5.33. The zero-order chi connectivity index (χ0) is 6.85.